The number of benzene rings is 4. The van der Waals surface area contributed by atoms with Crippen LogP contribution in [0.2, 0.25) is 0 Å². The second-order valence-corrected chi connectivity index (χ2v) is 10.1. The number of nitro groups is 1. The predicted octanol–water partition coefficient (Wildman–Crippen LogP) is 7.63. The molecule has 7 rings (SSSR count). The van der Waals surface area contributed by atoms with Crippen molar-refractivity contribution in [2.24, 2.45) is 5.10 Å². The third-order valence-corrected chi connectivity index (χ3v) is 7.72. The van der Waals surface area contributed by atoms with Crippen LogP contribution in [0.15, 0.2) is 112 Å². The van der Waals surface area contributed by atoms with Gasteiger partial charge >= 0.3 is 0 Å². The lowest BCUT2D eigenvalue weighted by atomic mass is 10.0. The Labute approximate surface area is 226 Å². The molecule has 0 aliphatic heterocycles. The number of hydrogen-bond donors (Lipinski definition) is 1. The Morgan fingerprint density at radius 2 is 1.67 bits per heavy atom. The van der Waals surface area contributed by atoms with E-state index in [9.17, 15) is 10.1 Å². The highest BCUT2D eigenvalue weighted by Gasteiger charge is 2.19. The second-order valence-electron chi connectivity index (χ2n) is 9.27. The van der Waals surface area contributed by atoms with Crippen LogP contribution in [-0.2, 0) is 6.42 Å². The van der Waals surface area contributed by atoms with Gasteiger partial charge in [0.1, 0.15) is 10.6 Å². The van der Waals surface area contributed by atoms with Gasteiger partial charge in [-0.3, -0.25) is 15.5 Å². The smallest absolute Gasteiger partial charge is 0.269 e. The van der Waals surface area contributed by atoms with Gasteiger partial charge in [0.25, 0.3) is 5.69 Å². The molecule has 0 unspecified atom stereocenters. The molecule has 1 N–H and O–H groups in total. The molecular weight excluding hydrogens is 508 g/mol. The first kappa shape index (κ1) is 23.1. The summed E-state index contributed by atoms with van der Waals surface area (Å²) in [4.78, 5) is 15.5. The van der Waals surface area contributed by atoms with Crippen LogP contribution in [-0.4, -0.2) is 9.91 Å². The number of non-ortho nitro benzene ring substituents is 1. The minimum Gasteiger partial charge on any atom is -0.436 e. The summed E-state index contributed by atoms with van der Waals surface area (Å²) < 4.78 is 6.17. The number of aromatic nitrogens is 1. The van der Waals surface area contributed by atoms with Gasteiger partial charge in [0.15, 0.2) is 0 Å². The van der Waals surface area contributed by atoms with Crippen LogP contribution in [0.4, 0.5) is 11.4 Å². The lowest BCUT2D eigenvalue weighted by Gasteiger charge is -2.05. The quantitative estimate of drug-likeness (QED) is 0.183. The minimum atomic E-state index is -0.433. The van der Waals surface area contributed by atoms with Crippen molar-refractivity contribution in [3.05, 3.63) is 129 Å². The summed E-state index contributed by atoms with van der Waals surface area (Å²) >= 11 is 1.53. The molecule has 7 nitrogen and oxygen atoms in total. The summed E-state index contributed by atoms with van der Waals surface area (Å²) in [5.74, 6) is 0. The van der Waals surface area contributed by atoms with Crippen molar-refractivity contribution in [2.45, 2.75) is 6.42 Å². The average molecular weight is 529 g/mol. The number of nitrogens with zero attached hydrogens (tertiary/aromatic N) is 3. The van der Waals surface area contributed by atoms with E-state index in [-0.39, 0.29) is 5.69 Å². The first-order valence-electron chi connectivity index (χ1n) is 12.4. The molecule has 1 aliphatic rings. The number of fused-ring (bicyclic) bond motifs is 4. The minimum absolute atomic E-state index is 0.0161. The average Bonchev–Trinajstić information content (AvgIpc) is 3.61. The Balaban J connectivity index is 1.26. The zero-order valence-corrected chi connectivity index (χ0v) is 21.3. The Bertz CT molecular complexity index is 1960. The lowest BCUT2D eigenvalue weighted by molar-refractivity contribution is -0.384. The van der Waals surface area contributed by atoms with Gasteiger partial charge in [0.05, 0.1) is 21.9 Å². The van der Waals surface area contributed by atoms with Gasteiger partial charge < -0.3 is 4.42 Å². The van der Waals surface area contributed by atoms with Crippen molar-refractivity contribution < 1.29 is 9.34 Å². The van der Waals surface area contributed by atoms with Crippen molar-refractivity contribution in [3.63, 3.8) is 0 Å². The number of anilines is 1. The van der Waals surface area contributed by atoms with E-state index in [0.717, 1.165) is 33.6 Å². The normalized spacial score (nSPS) is 12.4. The van der Waals surface area contributed by atoms with Crippen molar-refractivity contribution in [1.29, 1.82) is 0 Å². The molecule has 4 aromatic carbocycles. The fourth-order valence-corrected chi connectivity index (χ4v) is 5.75. The topological polar surface area (TPSA) is 93.6 Å². The molecular formula is C31H20N4O3S. The summed E-state index contributed by atoms with van der Waals surface area (Å²) in [6.07, 6.45) is 0.928. The molecule has 8 heteroatoms. The van der Waals surface area contributed by atoms with Gasteiger partial charge in [0.2, 0.25) is 5.55 Å². The molecule has 1 aliphatic carbocycles. The van der Waals surface area contributed by atoms with E-state index in [1.807, 2.05) is 30.3 Å². The molecule has 0 fully saturated rings. The highest BCUT2D eigenvalue weighted by Crippen LogP contribution is 2.39. The van der Waals surface area contributed by atoms with E-state index in [4.69, 9.17) is 9.40 Å². The number of hydrogen-bond acceptors (Lipinski definition) is 7. The molecule has 0 saturated carbocycles. The fourth-order valence-electron chi connectivity index (χ4n) is 4.91. The molecule has 2 heterocycles. The molecule has 0 spiro atoms. The number of para-hydroxylation sites is 1. The first-order chi connectivity index (χ1) is 19.1. The first-order valence-corrected chi connectivity index (χ1v) is 13.2. The zero-order valence-electron chi connectivity index (χ0n) is 20.5. The van der Waals surface area contributed by atoms with Crippen LogP contribution >= 0.6 is 11.3 Å². The van der Waals surface area contributed by atoms with Crippen molar-refractivity contribution in [3.8, 4) is 33.0 Å². The van der Waals surface area contributed by atoms with Gasteiger partial charge in [-0.25, -0.2) is 4.98 Å². The van der Waals surface area contributed by atoms with E-state index in [0.29, 0.717) is 16.8 Å². The Morgan fingerprint density at radius 3 is 2.54 bits per heavy atom. The lowest BCUT2D eigenvalue weighted by Crippen LogP contribution is -2.09. The second kappa shape index (κ2) is 9.34. The van der Waals surface area contributed by atoms with Gasteiger partial charge in [0, 0.05) is 28.5 Å². The maximum Gasteiger partial charge on any atom is 0.269 e. The third-order valence-electron chi connectivity index (χ3n) is 6.84. The van der Waals surface area contributed by atoms with E-state index in [2.05, 4.69) is 58.4 Å². The molecule has 0 bridgehead atoms. The molecule has 0 saturated heterocycles. The number of thiazole rings is 1. The van der Waals surface area contributed by atoms with Crippen LogP contribution < -0.4 is 11.0 Å². The number of nitro benzene ring substituents is 1. The number of rotatable bonds is 5. The SMILES string of the molecule is O=[N+]([O-])c1ccc(N/N=c2\oc3ccccc3cc2-c2nc(-c3ccc4c(c3)Cc3ccccc3-4)cs2)cc1. The van der Waals surface area contributed by atoms with E-state index < -0.39 is 4.92 Å². The van der Waals surface area contributed by atoms with Crippen LogP contribution in [0.3, 0.4) is 0 Å². The van der Waals surface area contributed by atoms with Gasteiger partial charge in [-0.2, -0.15) is 0 Å². The molecule has 39 heavy (non-hydrogen) atoms. The summed E-state index contributed by atoms with van der Waals surface area (Å²) in [7, 11) is 0. The maximum atomic E-state index is 11.0. The van der Waals surface area contributed by atoms with E-state index in [1.165, 1.54) is 45.7 Å². The van der Waals surface area contributed by atoms with Crippen molar-refractivity contribution in [2.75, 3.05) is 5.43 Å². The Kier molecular flexibility index (Phi) is 5.53. The highest BCUT2D eigenvalue weighted by atomic mass is 32.1. The van der Waals surface area contributed by atoms with Crippen LogP contribution in [0.5, 0.6) is 0 Å². The molecule has 0 radical (unpaired) electrons. The van der Waals surface area contributed by atoms with Crippen LogP contribution in [0, 0.1) is 10.1 Å². The summed E-state index contributed by atoms with van der Waals surface area (Å²) in [5, 5.41) is 19.3. The molecule has 6 aromatic rings. The largest absolute Gasteiger partial charge is 0.436 e. The van der Waals surface area contributed by atoms with Crippen LogP contribution in [0.1, 0.15) is 11.1 Å². The van der Waals surface area contributed by atoms with E-state index in [1.54, 1.807) is 12.1 Å². The predicted molar refractivity (Wildman–Crippen MR) is 153 cm³/mol. The molecule has 0 amide bonds. The zero-order chi connectivity index (χ0) is 26.3. The van der Waals surface area contributed by atoms with Gasteiger partial charge in [-0.15, -0.1) is 16.4 Å². The van der Waals surface area contributed by atoms with Crippen molar-refractivity contribution >= 4 is 33.7 Å². The van der Waals surface area contributed by atoms with Gasteiger partial charge in [-0.1, -0.05) is 54.6 Å². The summed E-state index contributed by atoms with van der Waals surface area (Å²) in [6, 6.07) is 30.9. The number of nitrogens with one attached hydrogen (secondary N) is 1. The highest BCUT2D eigenvalue weighted by molar-refractivity contribution is 7.13. The standard InChI is InChI=1S/C31H20N4O3S/c36-35(37)24-12-10-23(11-13-24)33-34-30-27(17-21-6-2-4-8-29(21)38-30)31-32-28(18-39-31)20-9-14-26-22(16-20)15-19-5-1-3-7-25(19)26/h1-14,16-18,33H,15H2/b34-30-. The fraction of sp³-hybridized carbons (Fsp3) is 0.0323. The van der Waals surface area contributed by atoms with Gasteiger partial charge in [-0.05, 0) is 59.0 Å². The summed E-state index contributed by atoms with van der Waals surface area (Å²) in [5.41, 5.74) is 12.6. The monoisotopic (exact) mass is 528 g/mol. The maximum absolute atomic E-state index is 11.0. The van der Waals surface area contributed by atoms with E-state index >= 15 is 0 Å². The third kappa shape index (κ3) is 4.26. The Hall–Kier alpha value is -5.08. The molecule has 188 valence electrons. The van der Waals surface area contributed by atoms with Crippen LogP contribution in [0.25, 0.3) is 43.9 Å². The Morgan fingerprint density at radius 1 is 0.872 bits per heavy atom. The van der Waals surface area contributed by atoms with Crippen molar-refractivity contribution in [1.82, 2.24) is 4.98 Å². The summed E-state index contributed by atoms with van der Waals surface area (Å²) in [6.45, 7) is 0. The molecule has 0 atom stereocenters. The molecule has 2 aromatic heterocycles.